The zero-order chi connectivity index (χ0) is 27.4. The van der Waals surface area contributed by atoms with E-state index in [4.69, 9.17) is 0 Å². The highest BCUT2D eigenvalue weighted by atomic mass is 15.1. The molecule has 2 aliphatic rings. The first kappa shape index (κ1) is 23.5. The summed E-state index contributed by atoms with van der Waals surface area (Å²) in [6, 6.07) is 40.5. The molecule has 0 radical (unpaired) electrons. The maximum absolute atomic E-state index is 2.48. The topological polar surface area (TPSA) is 3.24 Å². The second-order valence-electron chi connectivity index (χ2n) is 12.6. The van der Waals surface area contributed by atoms with Crippen molar-refractivity contribution in [1.29, 1.82) is 0 Å². The van der Waals surface area contributed by atoms with Gasteiger partial charge < -0.3 is 4.90 Å². The predicted octanol–water partition coefficient (Wildman–Crippen LogP) is 10.7. The first-order chi connectivity index (χ1) is 19.3. The van der Waals surface area contributed by atoms with Gasteiger partial charge in [-0.1, -0.05) is 100 Å². The lowest BCUT2D eigenvalue weighted by Gasteiger charge is -2.44. The summed E-state index contributed by atoms with van der Waals surface area (Å²) < 4.78 is 0. The second kappa shape index (κ2) is 7.86. The number of aryl methyl sites for hydroxylation is 1. The van der Waals surface area contributed by atoms with E-state index in [-0.39, 0.29) is 10.8 Å². The summed E-state index contributed by atoms with van der Waals surface area (Å²) in [7, 11) is 0. The van der Waals surface area contributed by atoms with Crippen molar-refractivity contribution in [2.45, 2.75) is 45.4 Å². The minimum Gasteiger partial charge on any atom is -0.310 e. The van der Waals surface area contributed by atoms with E-state index in [1.807, 2.05) is 0 Å². The highest BCUT2D eigenvalue weighted by Gasteiger charge is 2.43. The van der Waals surface area contributed by atoms with Crippen LogP contribution in [0.2, 0.25) is 0 Å². The van der Waals surface area contributed by atoms with Crippen LogP contribution in [0, 0.1) is 6.92 Å². The van der Waals surface area contributed by atoms with Crippen molar-refractivity contribution in [3.05, 3.63) is 137 Å². The third-order valence-corrected chi connectivity index (χ3v) is 9.79. The van der Waals surface area contributed by atoms with E-state index < -0.39 is 0 Å². The van der Waals surface area contributed by atoms with Gasteiger partial charge in [-0.25, -0.2) is 0 Å². The summed E-state index contributed by atoms with van der Waals surface area (Å²) in [6.45, 7) is 12.0. The third kappa shape index (κ3) is 2.88. The van der Waals surface area contributed by atoms with Crippen molar-refractivity contribution < 1.29 is 0 Å². The average Bonchev–Trinajstić information content (AvgIpc) is 2.97. The number of benzene rings is 6. The van der Waals surface area contributed by atoms with Crippen LogP contribution in [0.25, 0.3) is 32.7 Å². The molecule has 0 amide bonds. The van der Waals surface area contributed by atoms with Gasteiger partial charge in [-0.15, -0.1) is 0 Å². The Morgan fingerprint density at radius 3 is 1.35 bits per heavy atom. The number of hydrogen-bond acceptors (Lipinski definition) is 1. The Hall–Kier alpha value is -4.36. The van der Waals surface area contributed by atoms with Gasteiger partial charge in [0.05, 0.1) is 0 Å². The quantitative estimate of drug-likeness (QED) is 0.212. The molecule has 0 spiro atoms. The molecule has 2 aliphatic carbocycles. The molecule has 0 fully saturated rings. The fourth-order valence-electron chi connectivity index (χ4n) is 7.73. The Kier molecular flexibility index (Phi) is 4.62. The molecule has 1 nitrogen and oxygen atoms in total. The van der Waals surface area contributed by atoms with Crippen LogP contribution in [0.4, 0.5) is 17.1 Å². The van der Waals surface area contributed by atoms with Gasteiger partial charge in [0.15, 0.2) is 0 Å². The Balaban J connectivity index is 1.56. The maximum Gasteiger partial charge on any atom is 0.0468 e. The van der Waals surface area contributed by atoms with Crippen molar-refractivity contribution in [2.24, 2.45) is 0 Å². The van der Waals surface area contributed by atoms with Gasteiger partial charge in [-0.05, 0) is 104 Å². The molecule has 194 valence electrons. The van der Waals surface area contributed by atoms with Crippen LogP contribution in [0.3, 0.4) is 0 Å². The lowest BCUT2D eigenvalue weighted by atomic mass is 9.59. The van der Waals surface area contributed by atoms with E-state index in [2.05, 4.69) is 149 Å². The summed E-state index contributed by atoms with van der Waals surface area (Å²) in [4.78, 5) is 2.42. The summed E-state index contributed by atoms with van der Waals surface area (Å²) in [5.41, 5.74) is 13.3. The molecule has 0 N–H and O–H groups in total. The van der Waals surface area contributed by atoms with Crippen molar-refractivity contribution >= 4 is 38.6 Å². The number of hydrogen-bond donors (Lipinski definition) is 0. The molecule has 0 saturated heterocycles. The standard InChI is InChI=1S/C39H33N/c1-24-28-18-12-20-30-34(28)37-35-29(24)19-13-21-31(35)39(4,5)33-23-27(22-32(36(33)37)38(30,2)3)40(25-14-8-6-9-15-25)26-16-10-7-11-17-26/h6-23H,1-5H3. The lowest BCUT2D eigenvalue weighted by molar-refractivity contribution is 0.619. The van der Waals surface area contributed by atoms with E-state index in [9.17, 15) is 0 Å². The highest BCUT2D eigenvalue weighted by molar-refractivity contribution is 6.21. The smallest absolute Gasteiger partial charge is 0.0468 e. The molecule has 0 saturated carbocycles. The molecule has 0 aliphatic heterocycles. The van der Waals surface area contributed by atoms with Crippen LogP contribution < -0.4 is 4.90 Å². The van der Waals surface area contributed by atoms with E-state index in [1.54, 1.807) is 0 Å². The Bertz CT molecular complexity index is 1860. The van der Waals surface area contributed by atoms with Crippen LogP contribution in [-0.4, -0.2) is 0 Å². The maximum atomic E-state index is 2.48. The van der Waals surface area contributed by atoms with E-state index in [1.165, 1.54) is 77.6 Å². The Labute approximate surface area is 236 Å². The Morgan fingerprint density at radius 2 is 0.900 bits per heavy atom. The number of nitrogens with zero attached hydrogens (tertiary/aromatic N) is 1. The minimum atomic E-state index is -0.145. The molecule has 0 heterocycles. The van der Waals surface area contributed by atoms with Gasteiger partial charge in [-0.2, -0.15) is 0 Å². The number of anilines is 3. The van der Waals surface area contributed by atoms with Crippen LogP contribution in [0.5, 0.6) is 0 Å². The monoisotopic (exact) mass is 515 g/mol. The fourth-order valence-corrected chi connectivity index (χ4v) is 7.73. The van der Waals surface area contributed by atoms with Crippen molar-refractivity contribution in [2.75, 3.05) is 4.90 Å². The van der Waals surface area contributed by atoms with E-state index in [0.717, 1.165) is 0 Å². The van der Waals surface area contributed by atoms with Crippen molar-refractivity contribution in [1.82, 2.24) is 0 Å². The molecule has 0 atom stereocenters. The largest absolute Gasteiger partial charge is 0.310 e. The second-order valence-corrected chi connectivity index (χ2v) is 12.6. The first-order valence-corrected chi connectivity index (χ1v) is 14.4. The molecule has 40 heavy (non-hydrogen) atoms. The fraction of sp³-hybridized carbons (Fsp3) is 0.179. The SMILES string of the molecule is Cc1c2cccc3c2c2c4c(cccc14)C(C)(C)c1cc(N(c4ccccc4)c4ccccc4)cc(c1-2)C3(C)C. The minimum absolute atomic E-state index is 0.145. The van der Waals surface area contributed by atoms with Gasteiger partial charge in [0.1, 0.15) is 0 Å². The van der Waals surface area contributed by atoms with Crippen LogP contribution in [-0.2, 0) is 10.8 Å². The van der Waals surface area contributed by atoms with Gasteiger partial charge in [0.25, 0.3) is 0 Å². The van der Waals surface area contributed by atoms with Gasteiger partial charge in [0.2, 0.25) is 0 Å². The van der Waals surface area contributed by atoms with Crippen LogP contribution in [0.15, 0.2) is 109 Å². The predicted molar refractivity (Wildman–Crippen MR) is 171 cm³/mol. The van der Waals surface area contributed by atoms with E-state index >= 15 is 0 Å². The molecule has 0 bridgehead atoms. The summed E-state index contributed by atoms with van der Waals surface area (Å²) in [5.74, 6) is 0. The number of para-hydroxylation sites is 2. The molecule has 6 aromatic rings. The summed E-state index contributed by atoms with van der Waals surface area (Å²) in [5, 5.41) is 5.68. The summed E-state index contributed by atoms with van der Waals surface area (Å²) >= 11 is 0. The van der Waals surface area contributed by atoms with Crippen LogP contribution in [0.1, 0.15) is 55.5 Å². The van der Waals surface area contributed by atoms with Crippen molar-refractivity contribution in [3.63, 3.8) is 0 Å². The van der Waals surface area contributed by atoms with Gasteiger partial charge in [-0.3, -0.25) is 0 Å². The van der Waals surface area contributed by atoms with Crippen LogP contribution >= 0.6 is 0 Å². The molecular formula is C39H33N. The molecule has 8 rings (SSSR count). The average molecular weight is 516 g/mol. The zero-order valence-corrected chi connectivity index (χ0v) is 23.8. The molecule has 0 aromatic heterocycles. The molecule has 6 aromatic carbocycles. The molecule has 1 heteroatoms. The van der Waals surface area contributed by atoms with Gasteiger partial charge >= 0.3 is 0 Å². The summed E-state index contributed by atoms with van der Waals surface area (Å²) in [6.07, 6.45) is 0. The normalized spacial score (nSPS) is 15.5. The van der Waals surface area contributed by atoms with E-state index in [0.29, 0.717) is 0 Å². The lowest BCUT2D eigenvalue weighted by Crippen LogP contribution is -2.31. The first-order valence-electron chi connectivity index (χ1n) is 14.4. The highest BCUT2D eigenvalue weighted by Crippen LogP contribution is 2.60. The van der Waals surface area contributed by atoms with Crippen molar-refractivity contribution in [3.8, 4) is 11.1 Å². The molecular weight excluding hydrogens is 482 g/mol. The third-order valence-electron chi connectivity index (χ3n) is 9.79. The molecule has 0 unspecified atom stereocenters. The zero-order valence-electron chi connectivity index (χ0n) is 23.8. The number of rotatable bonds is 3. The van der Waals surface area contributed by atoms with Gasteiger partial charge in [0, 0.05) is 27.9 Å². The Morgan fingerprint density at radius 1 is 0.450 bits per heavy atom.